The fourth-order valence-corrected chi connectivity index (χ4v) is 6.37. The molecule has 144 valence electrons. The first kappa shape index (κ1) is 18.4. The lowest BCUT2D eigenvalue weighted by Gasteiger charge is -2.38. The van der Waals surface area contributed by atoms with Gasteiger partial charge in [-0.2, -0.15) is 4.31 Å². The summed E-state index contributed by atoms with van der Waals surface area (Å²) in [5.41, 5.74) is 0.933. The van der Waals surface area contributed by atoms with Crippen molar-refractivity contribution < 1.29 is 17.5 Å². The standard InChI is InChI=1S/C20H23FN2O3S/c1-14-3-2-4-18(11-14)27(24,25)23-17-7-5-15(19(23)9-8-17)13-26-20-10-6-16(21)12-22-20/h2-4,6,10-12,15,17,19H,5,7-9,13H2,1H3/t15-,17?,19?/m1/s1. The van der Waals surface area contributed by atoms with Gasteiger partial charge in [-0.3, -0.25) is 0 Å². The van der Waals surface area contributed by atoms with Crippen LogP contribution < -0.4 is 4.74 Å². The van der Waals surface area contributed by atoms with E-state index in [1.54, 1.807) is 22.5 Å². The largest absolute Gasteiger partial charge is 0.477 e. The monoisotopic (exact) mass is 390 g/mol. The predicted octanol–water partition coefficient (Wildman–Crippen LogP) is 3.54. The molecule has 0 N–H and O–H groups in total. The highest BCUT2D eigenvalue weighted by Crippen LogP contribution is 2.42. The Balaban J connectivity index is 1.53. The van der Waals surface area contributed by atoms with Gasteiger partial charge in [0.1, 0.15) is 5.82 Å². The molecule has 0 spiro atoms. The summed E-state index contributed by atoms with van der Waals surface area (Å²) in [6.07, 6.45) is 4.63. The van der Waals surface area contributed by atoms with E-state index in [-0.39, 0.29) is 18.0 Å². The number of nitrogens with zero attached hydrogens (tertiary/aromatic N) is 2. The van der Waals surface area contributed by atoms with Gasteiger partial charge in [-0.15, -0.1) is 0 Å². The van der Waals surface area contributed by atoms with Crippen LogP contribution in [0.25, 0.3) is 0 Å². The lowest BCUT2D eigenvalue weighted by atomic mass is 9.93. The zero-order valence-electron chi connectivity index (χ0n) is 15.2. The second-order valence-electron chi connectivity index (χ2n) is 7.41. The van der Waals surface area contributed by atoms with Gasteiger partial charge in [0.25, 0.3) is 0 Å². The van der Waals surface area contributed by atoms with E-state index in [2.05, 4.69) is 4.98 Å². The first-order valence-electron chi connectivity index (χ1n) is 9.30. The molecule has 1 aromatic heterocycles. The van der Waals surface area contributed by atoms with Gasteiger partial charge in [-0.25, -0.2) is 17.8 Å². The van der Waals surface area contributed by atoms with Gasteiger partial charge in [-0.05, 0) is 56.4 Å². The zero-order chi connectivity index (χ0) is 19.0. The summed E-state index contributed by atoms with van der Waals surface area (Å²) in [6.45, 7) is 2.28. The molecule has 2 bridgehead atoms. The van der Waals surface area contributed by atoms with Crippen LogP contribution in [0.1, 0.15) is 31.2 Å². The molecule has 2 unspecified atom stereocenters. The molecule has 2 saturated heterocycles. The summed E-state index contributed by atoms with van der Waals surface area (Å²) in [6, 6.07) is 9.91. The molecule has 3 heterocycles. The Hall–Kier alpha value is -1.99. The maximum absolute atomic E-state index is 13.3. The molecule has 3 atom stereocenters. The van der Waals surface area contributed by atoms with Crippen LogP contribution in [0, 0.1) is 18.7 Å². The van der Waals surface area contributed by atoms with Crippen molar-refractivity contribution in [2.45, 2.75) is 49.6 Å². The highest BCUT2D eigenvalue weighted by atomic mass is 32.2. The number of pyridine rings is 1. The van der Waals surface area contributed by atoms with Crippen molar-refractivity contribution in [3.8, 4) is 5.88 Å². The number of halogens is 1. The number of hydrogen-bond donors (Lipinski definition) is 0. The molecule has 2 aliphatic rings. The predicted molar refractivity (Wildman–Crippen MR) is 99.4 cm³/mol. The number of sulfonamides is 1. The summed E-state index contributed by atoms with van der Waals surface area (Å²) < 4.78 is 47.0. The number of rotatable bonds is 5. The molecular weight excluding hydrogens is 367 g/mol. The minimum Gasteiger partial charge on any atom is -0.477 e. The van der Waals surface area contributed by atoms with Crippen LogP contribution in [0.4, 0.5) is 4.39 Å². The molecule has 0 radical (unpaired) electrons. The van der Waals surface area contributed by atoms with E-state index in [1.165, 1.54) is 12.1 Å². The van der Waals surface area contributed by atoms with Crippen molar-refractivity contribution in [3.05, 3.63) is 54.0 Å². The molecule has 0 amide bonds. The highest BCUT2D eigenvalue weighted by Gasteiger charge is 2.48. The molecule has 1 aromatic carbocycles. The van der Waals surface area contributed by atoms with E-state index in [4.69, 9.17) is 4.74 Å². The van der Waals surface area contributed by atoms with Crippen LogP contribution in [0.15, 0.2) is 47.5 Å². The number of ether oxygens (including phenoxy) is 1. The van der Waals surface area contributed by atoms with Crippen LogP contribution in [0.5, 0.6) is 5.88 Å². The normalized spacial score (nSPS) is 25.5. The van der Waals surface area contributed by atoms with Crippen LogP contribution in [-0.2, 0) is 10.0 Å². The van der Waals surface area contributed by atoms with Crippen molar-refractivity contribution in [2.24, 2.45) is 5.92 Å². The van der Waals surface area contributed by atoms with Gasteiger partial charge in [0.05, 0.1) is 17.7 Å². The summed E-state index contributed by atoms with van der Waals surface area (Å²) in [5, 5.41) is 0. The molecule has 7 heteroatoms. The number of aryl methyl sites for hydroxylation is 1. The fourth-order valence-electron chi connectivity index (χ4n) is 4.31. The quantitative estimate of drug-likeness (QED) is 0.784. The minimum absolute atomic E-state index is 0.0605. The molecule has 0 aliphatic carbocycles. The maximum Gasteiger partial charge on any atom is 0.243 e. The van der Waals surface area contributed by atoms with Crippen LogP contribution in [-0.4, -0.2) is 36.4 Å². The number of piperidine rings is 1. The second kappa shape index (κ2) is 7.20. The van der Waals surface area contributed by atoms with Gasteiger partial charge >= 0.3 is 0 Å². The molecular formula is C20H23FN2O3S. The summed E-state index contributed by atoms with van der Waals surface area (Å²) in [4.78, 5) is 4.28. The van der Waals surface area contributed by atoms with Gasteiger partial charge < -0.3 is 4.74 Å². The van der Waals surface area contributed by atoms with E-state index < -0.39 is 15.8 Å². The number of benzene rings is 1. The van der Waals surface area contributed by atoms with E-state index in [0.717, 1.165) is 37.4 Å². The summed E-state index contributed by atoms with van der Waals surface area (Å²) in [7, 11) is -3.53. The third-order valence-electron chi connectivity index (χ3n) is 5.61. The summed E-state index contributed by atoms with van der Waals surface area (Å²) >= 11 is 0. The SMILES string of the molecule is Cc1cccc(S(=O)(=O)N2C3CCC2[C@@H](COc2ccc(F)cn2)CC3)c1. The Morgan fingerprint density at radius 3 is 2.74 bits per heavy atom. The Morgan fingerprint density at radius 1 is 1.19 bits per heavy atom. The smallest absolute Gasteiger partial charge is 0.243 e. The first-order chi connectivity index (χ1) is 12.9. The van der Waals surface area contributed by atoms with Crippen molar-refractivity contribution >= 4 is 10.0 Å². The molecule has 2 aliphatic heterocycles. The average molecular weight is 390 g/mol. The third kappa shape index (κ3) is 3.58. The van der Waals surface area contributed by atoms with E-state index in [9.17, 15) is 12.8 Å². The zero-order valence-corrected chi connectivity index (χ0v) is 16.0. The number of hydrogen-bond acceptors (Lipinski definition) is 4. The molecule has 2 fully saturated rings. The Morgan fingerprint density at radius 2 is 2.00 bits per heavy atom. The Bertz CT molecular complexity index is 917. The topological polar surface area (TPSA) is 59.5 Å². The number of aromatic nitrogens is 1. The lowest BCUT2D eigenvalue weighted by molar-refractivity contribution is 0.122. The molecule has 4 rings (SSSR count). The van der Waals surface area contributed by atoms with Crippen molar-refractivity contribution in [3.63, 3.8) is 0 Å². The van der Waals surface area contributed by atoms with Crippen LogP contribution >= 0.6 is 0 Å². The minimum atomic E-state index is -3.53. The van der Waals surface area contributed by atoms with E-state index in [1.807, 2.05) is 13.0 Å². The lowest BCUT2D eigenvalue weighted by Crippen LogP contribution is -2.49. The van der Waals surface area contributed by atoms with Crippen LogP contribution in [0.2, 0.25) is 0 Å². The molecule has 27 heavy (non-hydrogen) atoms. The van der Waals surface area contributed by atoms with E-state index >= 15 is 0 Å². The van der Waals surface area contributed by atoms with E-state index in [0.29, 0.717) is 17.4 Å². The van der Waals surface area contributed by atoms with Crippen molar-refractivity contribution in [2.75, 3.05) is 6.61 Å². The highest BCUT2D eigenvalue weighted by molar-refractivity contribution is 7.89. The molecule has 0 saturated carbocycles. The van der Waals surface area contributed by atoms with Crippen molar-refractivity contribution in [1.82, 2.24) is 9.29 Å². The maximum atomic E-state index is 13.3. The van der Waals surface area contributed by atoms with Gasteiger partial charge in [0, 0.05) is 24.1 Å². The van der Waals surface area contributed by atoms with Crippen LogP contribution in [0.3, 0.4) is 0 Å². The second-order valence-corrected chi connectivity index (χ2v) is 9.26. The third-order valence-corrected chi connectivity index (χ3v) is 7.58. The fraction of sp³-hybridized carbons (Fsp3) is 0.450. The Kier molecular flexibility index (Phi) is 4.90. The van der Waals surface area contributed by atoms with Gasteiger partial charge in [0.2, 0.25) is 15.9 Å². The molecule has 2 aromatic rings. The van der Waals surface area contributed by atoms with Gasteiger partial charge in [0.15, 0.2) is 0 Å². The van der Waals surface area contributed by atoms with Gasteiger partial charge in [-0.1, -0.05) is 12.1 Å². The van der Waals surface area contributed by atoms with Crippen molar-refractivity contribution in [1.29, 1.82) is 0 Å². The first-order valence-corrected chi connectivity index (χ1v) is 10.7. The average Bonchev–Trinajstić information content (AvgIpc) is 2.98. The molecule has 5 nitrogen and oxygen atoms in total. The number of fused-ring (bicyclic) bond motifs is 2. The Labute approximate surface area is 159 Å². The summed E-state index contributed by atoms with van der Waals surface area (Å²) in [5.74, 6) is 0.0638.